The maximum atomic E-state index is 11.9. The molecule has 0 saturated carbocycles. The van der Waals surface area contributed by atoms with Crippen LogP contribution < -0.4 is 4.83 Å². The Balaban J connectivity index is 2.85. The third kappa shape index (κ3) is 4.14. The molecule has 0 spiro atoms. The largest absolute Gasteiger partial charge is 0.276 e. The summed E-state index contributed by atoms with van der Waals surface area (Å²) in [5.74, 6) is 0. The molecule has 4 nitrogen and oxygen atoms in total. The van der Waals surface area contributed by atoms with Crippen LogP contribution in [0, 0.1) is 6.92 Å². The van der Waals surface area contributed by atoms with E-state index in [9.17, 15) is 8.42 Å². The van der Waals surface area contributed by atoms with Gasteiger partial charge < -0.3 is 0 Å². The van der Waals surface area contributed by atoms with Crippen LogP contribution in [0.15, 0.2) is 34.3 Å². The number of hydrazone groups is 1. The van der Waals surface area contributed by atoms with Crippen LogP contribution in [-0.4, -0.2) is 14.1 Å². The van der Waals surface area contributed by atoms with Crippen LogP contribution in [-0.2, 0) is 10.0 Å². The van der Waals surface area contributed by atoms with Gasteiger partial charge in [-0.2, -0.15) is 13.5 Å². The number of nitrogens with one attached hydrogen (secondary N) is 1. The smallest absolute Gasteiger partial charge is 0.200 e. The van der Waals surface area contributed by atoms with Gasteiger partial charge in [-0.1, -0.05) is 38.0 Å². The van der Waals surface area contributed by atoms with Crippen LogP contribution in [0.25, 0.3) is 0 Å². The first-order valence-electron chi connectivity index (χ1n) is 6.13. The molecule has 0 aliphatic carbocycles. The van der Waals surface area contributed by atoms with Gasteiger partial charge in [0.2, 0.25) is 0 Å². The lowest BCUT2D eigenvalue weighted by Crippen LogP contribution is -2.20. The quantitative estimate of drug-likeness (QED) is 0.637. The Morgan fingerprint density at radius 3 is 2.33 bits per heavy atom. The molecule has 1 aromatic rings. The van der Waals surface area contributed by atoms with Gasteiger partial charge in [0.1, 0.15) is 0 Å². The van der Waals surface area contributed by atoms with E-state index in [1.807, 2.05) is 20.8 Å². The third-order valence-electron chi connectivity index (χ3n) is 2.60. The first-order valence-corrected chi connectivity index (χ1v) is 7.61. The zero-order valence-electron chi connectivity index (χ0n) is 11.1. The van der Waals surface area contributed by atoms with Gasteiger partial charge >= 0.3 is 0 Å². The number of benzene rings is 1. The van der Waals surface area contributed by atoms with Crippen LogP contribution in [0.1, 0.15) is 38.7 Å². The Morgan fingerprint density at radius 2 is 1.83 bits per heavy atom. The third-order valence-corrected chi connectivity index (χ3v) is 3.83. The second-order valence-electron chi connectivity index (χ2n) is 4.19. The van der Waals surface area contributed by atoms with Crippen molar-refractivity contribution in [2.75, 3.05) is 0 Å². The van der Waals surface area contributed by atoms with Gasteiger partial charge in [0, 0.05) is 5.71 Å². The maximum Gasteiger partial charge on any atom is 0.276 e. The summed E-state index contributed by atoms with van der Waals surface area (Å²) in [7, 11) is -3.54. The first-order chi connectivity index (χ1) is 8.49. The summed E-state index contributed by atoms with van der Waals surface area (Å²) in [6, 6.07) is 6.70. The van der Waals surface area contributed by atoms with Crippen molar-refractivity contribution < 1.29 is 8.42 Å². The van der Waals surface area contributed by atoms with Gasteiger partial charge in [-0.25, -0.2) is 4.83 Å². The molecular formula is C13H20N2O2S. The molecule has 0 fully saturated rings. The Kier molecular flexibility index (Phi) is 5.34. The highest BCUT2D eigenvalue weighted by molar-refractivity contribution is 7.89. The van der Waals surface area contributed by atoms with Crippen molar-refractivity contribution in [1.29, 1.82) is 0 Å². The van der Waals surface area contributed by atoms with Crippen molar-refractivity contribution >= 4 is 15.7 Å². The van der Waals surface area contributed by atoms with Crippen molar-refractivity contribution in [3.63, 3.8) is 0 Å². The van der Waals surface area contributed by atoms with Crippen molar-refractivity contribution in [2.45, 2.75) is 44.9 Å². The van der Waals surface area contributed by atoms with E-state index in [1.165, 1.54) is 0 Å². The zero-order valence-corrected chi connectivity index (χ0v) is 11.9. The summed E-state index contributed by atoms with van der Waals surface area (Å²) in [5.41, 5.74) is 1.89. The highest BCUT2D eigenvalue weighted by Gasteiger charge is 2.12. The first kappa shape index (κ1) is 14.7. The summed E-state index contributed by atoms with van der Waals surface area (Å²) in [4.78, 5) is 2.53. The minimum Gasteiger partial charge on any atom is -0.200 e. The molecule has 0 aliphatic rings. The summed E-state index contributed by atoms with van der Waals surface area (Å²) in [6.07, 6.45) is 2.52. The molecule has 5 heteroatoms. The molecule has 18 heavy (non-hydrogen) atoms. The van der Waals surface area contributed by atoms with E-state index in [0.29, 0.717) is 0 Å². The van der Waals surface area contributed by atoms with Crippen molar-refractivity contribution in [3.05, 3.63) is 29.8 Å². The average molecular weight is 268 g/mol. The SMILES string of the molecule is CCC/C(CC)=N/NS(=O)(=O)c1ccc(C)cc1. The molecule has 0 bridgehead atoms. The van der Waals surface area contributed by atoms with E-state index < -0.39 is 10.0 Å². The molecule has 0 aromatic heterocycles. The van der Waals surface area contributed by atoms with E-state index in [2.05, 4.69) is 9.93 Å². The molecule has 1 N–H and O–H groups in total. The van der Waals surface area contributed by atoms with Crippen molar-refractivity contribution in [1.82, 2.24) is 4.83 Å². The lowest BCUT2D eigenvalue weighted by Gasteiger charge is -2.06. The van der Waals surface area contributed by atoms with E-state index in [4.69, 9.17) is 0 Å². The van der Waals surface area contributed by atoms with Crippen LogP contribution in [0.2, 0.25) is 0 Å². The molecule has 0 radical (unpaired) electrons. The van der Waals surface area contributed by atoms with Crippen LogP contribution in [0.4, 0.5) is 0 Å². The fourth-order valence-corrected chi connectivity index (χ4v) is 2.34. The topological polar surface area (TPSA) is 58.5 Å². The van der Waals surface area contributed by atoms with E-state index in [0.717, 1.165) is 30.5 Å². The second-order valence-corrected chi connectivity index (χ2v) is 5.85. The number of rotatable bonds is 6. The zero-order chi connectivity index (χ0) is 13.6. The minimum absolute atomic E-state index is 0.240. The summed E-state index contributed by atoms with van der Waals surface area (Å²) >= 11 is 0. The molecular weight excluding hydrogens is 248 g/mol. The molecule has 0 heterocycles. The maximum absolute atomic E-state index is 11.9. The lowest BCUT2D eigenvalue weighted by molar-refractivity contribution is 0.584. The van der Waals surface area contributed by atoms with Crippen molar-refractivity contribution in [3.8, 4) is 0 Å². The lowest BCUT2D eigenvalue weighted by atomic mass is 10.2. The molecule has 0 saturated heterocycles. The Hall–Kier alpha value is -1.36. The highest BCUT2D eigenvalue weighted by atomic mass is 32.2. The summed E-state index contributed by atoms with van der Waals surface area (Å²) < 4.78 is 23.9. The summed E-state index contributed by atoms with van der Waals surface area (Å²) in [5, 5.41) is 3.98. The number of aryl methyl sites for hydroxylation is 1. The summed E-state index contributed by atoms with van der Waals surface area (Å²) in [6.45, 7) is 5.92. The van der Waals surface area contributed by atoms with Crippen LogP contribution >= 0.6 is 0 Å². The number of nitrogens with zero attached hydrogens (tertiary/aromatic N) is 1. The predicted molar refractivity (Wildman–Crippen MR) is 74.1 cm³/mol. The van der Waals surface area contributed by atoms with Crippen molar-refractivity contribution in [2.24, 2.45) is 5.10 Å². The van der Waals surface area contributed by atoms with Gasteiger partial charge in [0.05, 0.1) is 4.90 Å². The molecule has 1 rings (SSSR count). The van der Waals surface area contributed by atoms with E-state index in [1.54, 1.807) is 24.3 Å². The average Bonchev–Trinajstić information content (AvgIpc) is 2.35. The minimum atomic E-state index is -3.54. The van der Waals surface area contributed by atoms with Gasteiger partial charge in [-0.3, -0.25) is 0 Å². The Morgan fingerprint density at radius 1 is 1.22 bits per heavy atom. The molecule has 0 unspecified atom stereocenters. The fraction of sp³-hybridized carbons (Fsp3) is 0.462. The monoisotopic (exact) mass is 268 g/mol. The van der Waals surface area contributed by atoms with Gasteiger partial charge in [-0.15, -0.1) is 0 Å². The second kappa shape index (κ2) is 6.54. The number of hydrogen-bond donors (Lipinski definition) is 1. The van der Waals surface area contributed by atoms with Gasteiger partial charge in [0.25, 0.3) is 10.0 Å². The van der Waals surface area contributed by atoms with Gasteiger partial charge in [0.15, 0.2) is 0 Å². The van der Waals surface area contributed by atoms with E-state index in [-0.39, 0.29) is 4.90 Å². The van der Waals surface area contributed by atoms with Gasteiger partial charge in [-0.05, 0) is 31.9 Å². The Bertz CT molecular complexity index is 504. The molecule has 0 atom stereocenters. The number of hydrogen-bond acceptors (Lipinski definition) is 3. The highest BCUT2D eigenvalue weighted by Crippen LogP contribution is 2.10. The standard InChI is InChI=1S/C13H20N2O2S/c1-4-6-12(5-2)14-15-18(16,17)13-9-7-11(3)8-10-13/h7-10,15H,4-6H2,1-3H3/b14-12+. The number of sulfonamides is 1. The predicted octanol–water partition coefficient (Wildman–Crippen LogP) is 2.84. The van der Waals surface area contributed by atoms with Crippen LogP contribution in [0.3, 0.4) is 0 Å². The molecule has 0 amide bonds. The molecule has 0 aliphatic heterocycles. The van der Waals surface area contributed by atoms with E-state index >= 15 is 0 Å². The molecule has 1 aromatic carbocycles. The molecule has 100 valence electrons. The van der Waals surface area contributed by atoms with Crippen LogP contribution in [0.5, 0.6) is 0 Å². The normalized spacial score (nSPS) is 12.5. The fourth-order valence-electron chi connectivity index (χ4n) is 1.50. The Labute approximate surface area is 109 Å².